The highest BCUT2D eigenvalue weighted by molar-refractivity contribution is 9.10. The SMILES string of the molecule is NCc1c(F)cc(F)cc1Br. The van der Waals surface area contributed by atoms with Crippen molar-refractivity contribution in [2.24, 2.45) is 5.73 Å². The summed E-state index contributed by atoms with van der Waals surface area (Å²) in [5.74, 6) is -1.22. The summed E-state index contributed by atoms with van der Waals surface area (Å²) in [5.41, 5.74) is 5.51. The molecular formula is C7H6BrF2N. The van der Waals surface area contributed by atoms with Crippen molar-refractivity contribution in [3.05, 3.63) is 33.8 Å². The van der Waals surface area contributed by atoms with Gasteiger partial charge in [0.1, 0.15) is 11.6 Å². The molecule has 11 heavy (non-hydrogen) atoms. The molecule has 0 bridgehead atoms. The van der Waals surface area contributed by atoms with E-state index in [1.165, 1.54) is 6.07 Å². The molecule has 0 spiro atoms. The molecule has 1 rings (SSSR count). The van der Waals surface area contributed by atoms with Crippen LogP contribution in [0, 0.1) is 11.6 Å². The number of hydrogen-bond donors (Lipinski definition) is 1. The Balaban J connectivity index is 3.25. The fourth-order valence-electron chi connectivity index (χ4n) is 0.767. The normalized spacial score (nSPS) is 10.2. The van der Waals surface area contributed by atoms with Gasteiger partial charge in [-0.15, -0.1) is 0 Å². The van der Waals surface area contributed by atoms with Gasteiger partial charge in [0.05, 0.1) is 0 Å². The van der Waals surface area contributed by atoms with E-state index >= 15 is 0 Å². The Morgan fingerprint density at radius 3 is 2.45 bits per heavy atom. The average molecular weight is 222 g/mol. The Morgan fingerprint density at radius 1 is 1.36 bits per heavy atom. The molecule has 0 aliphatic carbocycles. The summed E-state index contributed by atoms with van der Waals surface area (Å²) in [6.07, 6.45) is 0. The van der Waals surface area contributed by atoms with Crippen molar-refractivity contribution in [2.45, 2.75) is 6.54 Å². The number of hydrogen-bond acceptors (Lipinski definition) is 1. The summed E-state index contributed by atoms with van der Waals surface area (Å²) in [5, 5.41) is 0. The third kappa shape index (κ3) is 1.75. The second-order valence-corrected chi connectivity index (χ2v) is 2.91. The van der Waals surface area contributed by atoms with Gasteiger partial charge in [-0.2, -0.15) is 0 Å². The maximum atomic E-state index is 12.8. The van der Waals surface area contributed by atoms with E-state index in [-0.39, 0.29) is 6.54 Å². The second kappa shape index (κ2) is 3.28. The molecular weight excluding hydrogens is 216 g/mol. The highest BCUT2D eigenvalue weighted by Gasteiger charge is 2.06. The molecule has 0 aliphatic rings. The molecule has 0 aromatic heterocycles. The summed E-state index contributed by atoms with van der Waals surface area (Å²) in [6, 6.07) is 2.00. The van der Waals surface area contributed by atoms with Crippen LogP contribution in [0.25, 0.3) is 0 Å². The third-order valence-corrected chi connectivity index (χ3v) is 2.02. The minimum atomic E-state index is -0.612. The van der Waals surface area contributed by atoms with E-state index in [0.29, 0.717) is 10.0 Å². The minimum absolute atomic E-state index is 0.0622. The monoisotopic (exact) mass is 221 g/mol. The summed E-state index contributed by atoms with van der Waals surface area (Å²) < 4.78 is 25.6. The molecule has 1 aromatic rings. The van der Waals surface area contributed by atoms with Crippen LogP contribution in [0.2, 0.25) is 0 Å². The average Bonchev–Trinajstić information content (AvgIpc) is 1.85. The predicted molar refractivity (Wildman–Crippen MR) is 41.9 cm³/mol. The molecule has 1 aromatic carbocycles. The van der Waals surface area contributed by atoms with Crippen molar-refractivity contribution in [2.75, 3.05) is 0 Å². The van der Waals surface area contributed by atoms with Gasteiger partial charge in [-0.05, 0) is 6.07 Å². The summed E-state index contributed by atoms with van der Waals surface area (Å²) in [4.78, 5) is 0. The smallest absolute Gasteiger partial charge is 0.131 e. The van der Waals surface area contributed by atoms with Gasteiger partial charge < -0.3 is 5.73 Å². The summed E-state index contributed by atoms with van der Waals surface area (Å²) in [7, 11) is 0. The first kappa shape index (κ1) is 8.62. The zero-order chi connectivity index (χ0) is 8.43. The van der Waals surface area contributed by atoms with E-state index in [9.17, 15) is 8.78 Å². The first-order valence-electron chi connectivity index (χ1n) is 2.98. The first-order valence-corrected chi connectivity index (χ1v) is 3.78. The van der Waals surface area contributed by atoms with Crippen LogP contribution in [0.15, 0.2) is 16.6 Å². The lowest BCUT2D eigenvalue weighted by molar-refractivity contribution is 0.570. The van der Waals surface area contributed by atoms with Gasteiger partial charge in [-0.25, -0.2) is 8.78 Å². The topological polar surface area (TPSA) is 26.0 Å². The minimum Gasteiger partial charge on any atom is -0.326 e. The Kier molecular flexibility index (Phi) is 2.57. The molecule has 0 aliphatic heterocycles. The van der Waals surface area contributed by atoms with Gasteiger partial charge >= 0.3 is 0 Å². The Labute approximate surface area is 71.3 Å². The van der Waals surface area contributed by atoms with Crippen molar-refractivity contribution in [3.8, 4) is 0 Å². The van der Waals surface area contributed by atoms with Crippen molar-refractivity contribution in [1.29, 1.82) is 0 Å². The van der Waals surface area contributed by atoms with E-state index in [0.717, 1.165) is 6.07 Å². The zero-order valence-electron chi connectivity index (χ0n) is 5.57. The maximum Gasteiger partial charge on any atom is 0.131 e. The van der Waals surface area contributed by atoms with E-state index in [1.807, 2.05) is 0 Å². The molecule has 0 atom stereocenters. The molecule has 0 saturated heterocycles. The largest absolute Gasteiger partial charge is 0.326 e. The highest BCUT2D eigenvalue weighted by Crippen LogP contribution is 2.20. The van der Waals surface area contributed by atoms with Crippen molar-refractivity contribution >= 4 is 15.9 Å². The predicted octanol–water partition coefficient (Wildman–Crippen LogP) is 2.19. The van der Waals surface area contributed by atoms with Crippen LogP contribution in [0.4, 0.5) is 8.78 Å². The molecule has 0 radical (unpaired) electrons. The molecule has 0 fully saturated rings. The molecule has 60 valence electrons. The van der Waals surface area contributed by atoms with Gasteiger partial charge in [0.25, 0.3) is 0 Å². The molecule has 0 heterocycles. The van der Waals surface area contributed by atoms with Gasteiger partial charge in [0.2, 0.25) is 0 Å². The standard InChI is InChI=1S/C7H6BrF2N/c8-6-1-4(9)2-7(10)5(6)3-11/h1-2H,3,11H2. The molecule has 0 unspecified atom stereocenters. The lowest BCUT2D eigenvalue weighted by Crippen LogP contribution is -2.01. The zero-order valence-corrected chi connectivity index (χ0v) is 7.16. The summed E-state index contributed by atoms with van der Waals surface area (Å²) in [6.45, 7) is 0.0622. The van der Waals surface area contributed by atoms with Crippen LogP contribution in [0.3, 0.4) is 0 Å². The lowest BCUT2D eigenvalue weighted by atomic mass is 10.2. The quantitative estimate of drug-likeness (QED) is 0.774. The van der Waals surface area contributed by atoms with E-state index in [1.54, 1.807) is 0 Å². The molecule has 1 nitrogen and oxygen atoms in total. The van der Waals surface area contributed by atoms with Crippen molar-refractivity contribution < 1.29 is 8.78 Å². The van der Waals surface area contributed by atoms with Gasteiger partial charge in [-0.3, -0.25) is 0 Å². The fourth-order valence-corrected chi connectivity index (χ4v) is 1.34. The van der Waals surface area contributed by atoms with Gasteiger partial charge in [-0.1, -0.05) is 15.9 Å². The van der Waals surface area contributed by atoms with Gasteiger partial charge in [0.15, 0.2) is 0 Å². The van der Waals surface area contributed by atoms with E-state index < -0.39 is 11.6 Å². The Morgan fingerprint density at radius 2 is 2.00 bits per heavy atom. The van der Waals surface area contributed by atoms with Crippen LogP contribution >= 0.6 is 15.9 Å². The van der Waals surface area contributed by atoms with Crippen LogP contribution < -0.4 is 5.73 Å². The number of halogens is 3. The Bertz CT molecular complexity index is 252. The van der Waals surface area contributed by atoms with Crippen molar-refractivity contribution in [1.82, 2.24) is 0 Å². The molecule has 4 heteroatoms. The Hall–Kier alpha value is -0.480. The second-order valence-electron chi connectivity index (χ2n) is 2.05. The van der Waals surface area contributed by atoms with Crippen LogP contribution in [0.1, 0.15) is 5.56 Å². The molecule has 0 saturated carbocycles. The van der Waals surface area contributed by atoms with Crippen molar-refractivity contribution in [3.63, 3.8) is 0 Å². The van der Waals surface area contributed by atoms with E-state index in [2.05, 4.69) is 15.9 Å². The van der Waals surface area contributed by atoms with Crippen LogP contribution in [-0.4, -0.2) is 0 Å². The maximum absolute atomic E-state index is 12.8. The molecule has 0 amide bonds. The van der Waals surface area contributed by atoms with Crippen LogP contribution in [-0.2, 0) is 6.54 Å². The number of nitrogens with two attached hydrogens (primary N) is 1. The lowest BCUT2D eigenvalue weighted by Gasteiger charge is -2.01. The number of benzene rings is 1. The van der Waals surface area contributed by atoms with Gasteiger partial charge in [0, 0.05) is 22.6 Å². The fraction of sp³-hybridized carbons (Fsp3) is 0.143. The third-order valence-electron chi connectivity index (χ3n) is 1.31. The molecule has 2 N–H and O–H groups in total. The van der Waals surface area contributed by atoms with Crippen LogP contribution in [0.5, 0.6) is 0 Å². The first-order chi connectivity index (χ1) is 5.15. The highest BCUT2D eigenvalue weighted by atomic mass is 79.9. The summed E-state index contributed by atoms with van der Waals surface area (Å²) >= 11 is 3.00. The van der Waals surface area contributed by atoms with E-state index in [4.69, 9.17) is 5.73 Å². The number of rotatable bonds is 1.